The molecule has 1 heterocycles. The molecule has 0 spiro atoms. The molecule has 0 aliphatic heterocycles. The molecule has 17 heavy (non-hydrogen) atoms. The molecule has 0 saturated carbocycles. The van der Waals surface area contributed by atoms with Crippen molar-refractivity contribution in [1.82, 2.24) is 4.98 Å². The van der Waals surface area contributed by atoms with E-state index >= 15 is 0 Å². The van der Waals surface area contributed by atoms with Crippen molar-refractivity contribution in [3.05, 3.63) is 47.5 Å². The van der Waals surface area contributed by atoms with Crippen LogP contribution in [0.4, 0.5) is 5.13 Å². The molecule has 1 aromatic heterocycles. The average Bonchev–Trinajstić information content (AvgIpc) is 2.82. The summed E-state index contributed by atoms with van der Waals surface area (Å²) in [5, 5.41) is 5.13. The number of aromatic nitrogens is 1. The van der Waals surface area contributed by atoms with Crippen LogP contribution in [-0.2, 0) is 4.79 Å². The number of hydrogen-bond donors (Lipinski definition) is 2. The highest BCUT2D eigenvalue weighted by atomic mass is 32.1. The molecule has 0 saturated heterocycles. The fourth-order valence-electron chi connectivity index (χ4n) is 1.47. The van der Waals surface area contributed by atoms with Crippen LogP contribution in [0, 0.1) is 0 Å². The molecule has 0 aliphatic carbocycles. The maximum atomic E-state index is 11.7. The Morgan fingerprint density at radius 1 is 1.41 bits per heavy atom. The lowest BCUT2D eigenvalue weighted by molar-refractivity contribution is -0.116. The number of nitrogens with zero attached hydrogens (tertiary/aromatic N) is 1. The van der Waals surface area contributed by atoms with Crippen LogP contribution in [0.5, 0.6) is 0 Å². The summed E-state index contributed by atoms with van der Waals surface area (Å²) in [6, 6.07) is 9.30. The van der Waals surface area contributed by atoms with Gasteiger partial charge in [0.05, 0.1) is 0 Å². The number of nitrogens with one attached hydrogen (secondary N) is 1. The number of nitrogens with two attached hydrogens (primary N) is 1. The van der Waals surface area contributed by atoms with Gasteiger partial charge in [-0.25, -0.2) is 4.98 Å². The van der Waals surface area contributed by atoms with E-state index in [1.165, 1.54) is 11.3 Å². The third-order valence-corrected chi connectivity index (χ3v) is 3.00. The lowest BCUT2D eigenvalue weighted by atomic mass is 10.0. The second-order valence-corrected chi connectivity index (χ2v) is 4.50. The Bertz CT molecular complexity index is 470. The van der Waals surface area contributed by atoms with Crippen LogP contribution in [0.25, 0.3) is 0 Å². The van der Waals surface area contributed by atoms with E-state index in [4.69, 9.17) is 5.73 Å². The summed E-state index contributed by atoms with van der Waals surface area (Å²) in [5.41, 5.74) is 6.91. The van der Waals surface area contributed by atoms with E-state index in [0.29, 0.717) is 5.13 Å². The van der Waals surface area contributed by atoms with Gasteiger partial charge in [-0.2, -0.15) is 0 Å². The molecule has 1 unspecified atom stereocenters. The lowest BCUT2D eigenvalue weighted by Gasteiger charge is -2.10. The third-order valence-electron chi connectivity index (χ3n) is 2.31. The fourth-order valence-corrected chi connectivity index (χ4v) is 2.02. The zero-order valence-corrected chi connectivity index (χ0v) is 9.98. The van der Waals surface area contributed by atoms with Gasteiger partial charge in [-0.15, -0.1) is 11.3 Å². The smallest absolute Gasteiger partial charge is 0.228 e. The van der Waals surface area contributed by atoms with Crippen molar-refractivity contribution in [3.63, 3.8) is 0 Å². The normalized spacial score (nSPS) is 12.1. The van der Waals surface area contributed by atoms with Gasteiger partial charge in [0.25, 0.3) is 0 Å². The van der Waals surface area contributed by atoms with Crippen LogP contribution in [0.2, 0.25) is 0 Å². The van der Waals surface area contributed by atoms with Gasteiger partial charge in [-0.3, -0.25) is 4.79 Å². The van der Waals surface area contributed by atoms with E-state index in [2.05, 4.69) is 10.3 Å². The first-order chi connectivity index (χ1) is 8.25. The van der Waals surface area contributed by atoms with Crippen LogP contribution >= 0.6 is 11.3 Å². The maximum Gasteiger partial charge on any atom is 0.228 e. The summed E-state index contributed by atoms with van der Waals surface area (Å²) < 4.78 is 0. The minimum atomic E-state index is -0.281. The number of hydrogen-bond acceptors (Lipinski definition) is 4. The molecule has 1 atom stereocenters. The largest absolute Gasteiger partial charge is 0.324 e. The SMILES string of the molecule is NC(CC(=O)Nc1nccs1)c1ccccc1. The zero-order valence-electron chi connectivity index (χ0n) is 9.17. The first-order valence-electron chi connectivity index (χ1n) is 5.25. The summed E-state index contributed by atoms with van der Waals surface area (Å²) in [6.45, 7) is 0. The number of thiazole rings is 1. The number of carbonyl (C=O) groups excluding carboxylic acids is 1. The minimum Gasteiger partial charge on any atom is -0.324 e. The van der Waals surface area contributed by atoms with Crippen molar-refractivity contribution in [3.8, 4) is 0 Å². The van der Waals surface area contributed by atoms with Gasteiger partial charge in [-0.05, 0) is 5.56 Å². The Balaban J connectivity index is 1.91. The molecule has 2 aromatic rings. The van der Waals surface area contributed by atoms with Crippen LogP contribution in [-0.4, -0.2) is 10.9 Å². The van der Waals surface area contributed by atoms with Gasteiger partial charge in [0, 0.05) is 24.0 Å². The Morgan fingerprint density at radius 3 is 2.82 bits per heavy atom. The van der Waals surface area contributed by atoms with Crippen molar-refractivity contribution in [2.45, 2.75) is 12.5 Å². The number of benzene rings is 1. The van der Waals surface area contributed by atoms with Crippen LogP contribution in [0.3, 0.4) is 0 Å². The number of anilines is 1. The first kappa shape index (κ1) is 11.8. The number of amides is 1. The predicted octanol–water partition coefficient (Wildman–Crippen LogP) is 2.17. The van der Waals surface area contributed by atoms with E-state index in [1.54, 1.807) is 6.20 Å². The standard InChI is InChI=1S/C12H13N3OS/c13-10(9-4-2-1-3-5-9)8-11(16)15-12-14-6-7-17-12/h1-7,10H,8,13H2,(H,14,15,16). The molecule has 2 rings (SSSR count). The van der Waals surface area contributed by atoms with Gasteiger partial charge in [0.2, 0.25) is 5.91 Å². The van der Waals surface area contributed by atoms with E-state index in [9.17, 15) is 4.79 Å². The molecule has 5 heteroatoms. The van der Waals surface area contributed by atoms with Gasteiger partial charge in [0.15, 0.2) is 5.13 Å². The first-order valence-corrected chi connectivity index (χ1v) is 6.13. The highest BCUT2D eigenvalue weighted by Crippen LogP contribution is 2.15. The molecule has 4 nitrogen and oxygen atoms in total. The monoisotopic (exact) mass is 247 g/mol. The second kappa shape index (κ2) is 5.56. The molecule has 0 fully saturated rings. The molecular formula is C12H13N3OS. The summed E-state index contributed by atoms with van der Waals surface area (Å²) in [6.07, 6.45) is 1.90. The molecular weight excluding hydrogens is 234 g/mol. The van der Waals surface area contributed by atoms with Crippen molar-refractivity contribution < 1.29 is 4.79 Å². The van der Waals surface area contributed by atoms with Gasteiger partial charge in [0.1, 0.15) is 0 Å². The molecule has 0 aliphatic rings. The topological polar surface area (TPSA) is 68.0 Å². The molecule has 88 valence electrons. The molecule has 3 N–H and O–H groups in total. The summed E-state index contributed by atoms with van der Waals surface area (Å²) in [5.74, 6) is -0.115. The Morgan fingerprint density at radius 2 is 2.18 bits per heavy atom. The molecule has 0 bridgehead atoms. The van der Waals surface area contributed by atoms with Gasteiger partial charge < -0.3 is 11.1 Å². The van der Waals surface area contributed by atoms with Gasteiger partial charge >= 0.3 is 0 Å². The van der Waals surface area contributed by atoms with E-state index in [-0.39, 0.29) is 18.4 Å². The fraction of sp³-hybridized carbons (Fsp3) is 0.167. The average molecular weight is 247 g/mol. The van der Waals surface area contributed by atoms with Gasteiger partial charge in [-0.1, -0.05) is 30.3 Å². The summed E-state index contributed by atoms with van der Waals surface area (Å²) >= 11 is 1.39. The molecule has 0 radical (unpaired) electrons. The molecule has 1 amide bonds. The van der Waals surface area contributed by atoms with Crippen molar-refractivity contribution in [2.75, 3.05) is 5.32 Å². The van der Waals surface area contributed by atoms with E-state index < -0.39 is 0 Å². The highest BCUT2D eigenvalue weighted by Gasteiger charge is 2.12. The van der Waals surface area contributed by atoms with Crippen molar-refractivity contribution >= 4 is 22.4 Å². The molecule has 1 aromatic carbocycles. The Labute approximate surface area is 103 Å². The predicted molar refractivity (Wildman–Crippen MR) is 68.7 cm³/mol. The quantitative estimate of drug-likeness (QED) is 0.870. The summed E-state index contributed by atoms with van der Waals surface area (Å²) in [4.78, 5) is 15.7. The zero-order chi connectivity index (χ0) is 12.1. The van der Waals surface area contributed by atoms with Crippen LogP contribution < -0.4 is 11.1 Å². The number of rotatable bonds is 4. The third kappa shape index (κ3) is 3.37. The van der Waals surface area contributed by atoms with Crippen molar-refractivity contribution in [1.29, 1.82) is 0 Å². The summed E-state index contributed by atoms with van der Waals surface area (Å²) in [7, 11) is 0. The number of carbonyl (C=O) groups is 1. The second-order valence-electron chi connectivity index (χ2n) is 3.61. The van der Waals surface area contributed by atoms with Crippen LogP contribution in [0.15, 0.2) is 41.9 Å². The Kier molecular flexibility index (Phi) is 3.85. The van der Waals surface area contributed by atoms with Crippen LogP contribution in [0.1, 0.15) is 18.0 Å². The lowest BCUT2D eigenvalue weighted by Crippen LogP contribution is -2.20. The highest BCUT2D eigenvalue weighted by molar-refractivity contribution is 7.13. The van der Waals surface area contributed by atoms with E-state index in [0.717, 1.165) is 5.56 Å². The minimum absolute atomic E-state index is 0.115. The van der Waals surface area contributed by atoms with E-state index in [1.807, 2.05) is 35.7 Å². The Hall–Kier alpha value is -1.72. The maximum absolute atomic E-state index is 11.7. The van der Waals surface area contributed by atoms with Crippen molar-refractivity contribution in [2.24, 2.45) is 5.73 Å².